The number of Topliss-reactive ketones (excluding diaryl/α,β-unsaturated/α-hetero) is 1. The van der Waals surface area contributed by atoms with Gasteiger partial charge in [-0.1, -0.05) is 6.58 Å². The Hall–Kier alpha value is -2.57. The van der Waals surface area contributed by atoms with Crippen LogP contribution >= 0.6 is 0 Å². The van der Waals surface area contributed by atoms with Crippen molar-refractivity contribution in [1.29, 1.82) is 0 Å². The molecule has 0 aromatic heterocycles. The predicted octanol–water partition coefficient (Wildman–Crippen LogP) is 1.49. The zero-order chi connectivity index (χ0) is 13.9. The van der Waals surface area contributed by atoms with Gasteiger partial charge < -0.3 is 4.74 Å². The van der Waals surface area contributed by atoms with E-state index in [4.69, 9.17) is 0 Å². The molecule has 1 rings (SSSR count). The van der Waals surface area contributed by atoms with Crippen LogP contribution in [0.25, 0.3) is 5.57 Å². The molecule has 0 bridgehead atoms. The largest absolute Gasteiger partial charge is 0.463 e. The first kappa shape index (κ1) is 13.5. The summed E-state index contributed by atoms with van der Waals surface area (Å²) >= 11 is 0. The molecule has 0 N–H and O–H groups in total. The average molecular weight is 253 g/mol. The summed E-state index contributed by atoms with van der Waals surface area (Å²) in [7, 11) is 0.980. The molecule has 1 aromatic carbocycles. The summed E-state index contributed by atoms with van der Waals surface area (Å²) in [5.74, 6) is -3.17. The fourth-order valence-electron chi connectivity index (χ4n) is 1.25. The molecule has 0 amide bonds. The van der Waals surface area contributed by atoms with Gasteiger partial charge in [0.05, 0.1) is 17.6 Å². The minimum atomic E-state index is -1.22. The maximum absolute atomic E-state index is 13.0. The van der Waals surface area contributed by atoms with Crippen LogP contribution in [0.4, 0.5) is 10.1 Å². The molecular weight excluding hydrogens is 245 g/mol. The number of hydrogen-bond donors (Lipinski definition) is 0. The minimum Gasteiger partial charge on any atom is -0.463 e. The first-order chi connectivity index (χ1) is 8.38. The molecule has 0 atom stereocenters. The summed E-state index contributed by atoms with van der Waals surface area (Å²) in [6.07, 6.45) is 0. The van der Waals surface area contributed by atoms with Crippen LogP contribution in [0.1, 0.15) is 5.56 Å². The number of ketones is 1. The van der Waals surface area contributed by atoms with E-state index in [1.165, 1.54) is 0 Å². The van der Waals surface area contributed by atoms with Crippen molar-refractivity contribution in [2.75, 3.05) is 7.11 Å². The Labute approximate surface area is 101 Å². The number of carbonyl (C=O) groups excluding carboxylic acids is 2. The maximum atomic E-state index is 13.0. The molecule has 0 aliphatic carbocycles. The number of nitro groups is 1. The summed E-state index contributed by atoms with van der Waals surface area (Å²) in [5, 5.41) is 10.7. The number of ether oxygens (including phenoxy) is 1. The second kappa shape index (κ2) is 5.17. The fourth-order valence-corrected chi connectivity index (χ4v) is 1.25. The predicted molar refractivity (Wildman–Crippen MR) is 59.1 cm³/mol. The Balaban J connectivity index is 3.28. The lowest BCUT2D eigenvalue weighted by Gasteiger charge is -2.04. The highest BCUT2D eigenvalue weighted by atomic mass is 19.1. The van der Waals surface area contributed by atoms with Gasteiger partial charge in [-0.2, -0.15) is 0 Å². The zero-order valence-electron chi connectivity index (χ0n) is 9.31. The molecule has 0 saturated carbocycles. The quantitative estimate of drug-likeness (QED) is 0.267. The van der Waals surface area contributed by atoms with Crippen LogP contribution in [0.5, 0.6) is 0 Å². The highest BCUT2D eigenvalue weighted by Crippen LogP contribution is 2.26. The third-order valence-electron chi connectivity index (χ3n) is 2.13. The van der Waals surface area contributed by atoms with E-state index < -0.39 is 33.8 Å². The van der Waals surface area contributed by atoms with E-state index in [0.29, 0.717) is 0 Å². The Morgan fingerprint density at radius 3 is 2.56 bits per heavy atom. The van der Waals surface area contributed by atoms with Crippen molar-refractivity contribution in [3.05, 3.63) is 46.3 Å². The third-order valence-corrected chi connectivity index (χ3v) is 2.13. The van der Waals surface area contributed by atoms with Gasteiger partial charge in [0.1, 0.15) is 5.82 Å². The molecule has 18 heavy (non-hydrogen) atoms. The van der Waals surface area contributed by atoms with Crippen molar-refractivity contribution >= 4 is 23.0 Å². The van der Waals surface area contributed by atoms with E-state index in [1.807, 2.05) is 0 Å². The van der Waals surface area contributed by atoms with Crippen LogP contribution in [0.15, 0.2) is 24.8 Å². The summed E-state index contributed by atoms with van der Waals surface area (Å²) < 4.78 is 17.2. The smallest absolute Gasteiger partial charge is 0.379 e. The topological polar surface area (TPSA) is 86.5 Å². The van der Waals surface area contributed by atoms with Gasteiger partial charge in [-0.15, -0.1) is 0 Å². The first-order valence-corrected chi connectivity index (χ1v) is 4.64. The van der Waals surface area contributed by atoms with Gasteiger partial charge in [-0.25, -0.2) is 9.18 Å². The standard InChI is InChI=1S/C11H8FNO5/c1-6(10(14)11(15)18-2)8-5-7(12)3-4-9(8)13(16)17/h3-5H,1H2,2H3. The van der Waals surface area contributed by atoms with Gasteiger partial charge in [-0.05, 0) is 12.1 Å². The molecule has 7 heteroatoms. The summed E-state index contributed by atoms with van der Waals surface area (Å²) in [6, 6.07) is 2.53. The van der Waals surface area contributed by atoms with Crippen molar-refractivity contribution in [2.24, 2.45) is 0 Å². The molecule has 0 unspecified atom stereocenters. The Bertz CT molecular complexity index is 552. The summed E-state index contributed by atoms with van der Waals surface area (Å²) in [6.45, 7) is 3.26. The van der Waals surface area contributed by atoms with E-state index in [1.54, 1.807) is 0 Å². The van der Waals surface area contributed by atoms with E-state index in [9.17, 15) is 24.1 Å². The number of hydrogen-bond acceptors (Lipinski definition) is 5. The monoisotopic (exact) mass is 253 g/mol. The van der Waals surface area contributed by atoms with E-state index in [0.717, 1.165) is 25.3 Å². The normalized spacial score (nSPS) is 9.67. The fraction of sp³-hybridized carbons (Fsp3) is 0.0909. The number of rotatable bonds is 4. The van der Waals surface area contributed by atoms with Crippen molar-refractivity contribution in [3.63, 3.8) is 0 Å². The van der Waals surface area contributed by atoms with Crippen LogP contribution < -0.4 is 0 Å². The number of methoxy groups -OCH3 is 1. The maximum Gasteiger partial charge on any atom is 0.379 e. The Morgan fingerprint density at radius 2 is 2.06 bits per heavy atom. The van der Waals surface area contributed by atoms with Crippen LogP contribution in [-0.2, 0) is 14.3 Å². The van der Waals surface area contributed by atoms with Crippen molar-refractivity contribution in [2.45, 2.75) is 0 Å². The SMILES string of the molecule is C=C(C(=O)C(=O)OC)c1cc(F)ccc1[N+](=O)[O-]. The summed E-state index contributed by atoms with van der Waals surface area (Å²) in [4.78, 5) is 32.4. The first-order valence-electron chi connectivity index (χ1n) is 4.64. The van der Waals surface area contributed by atoms with Gasteiger partial charge >= 0.3 is 5.97 Å². The number of carbonyl (C=O) groups is 2. The average Bonchev–Trinajstić information content (AvgIpc) is 2.35. The number of nitrogens with zero attached hydrogens (tertiary/aromatic N) is 1. The van der Waals surface area contributed by atoms with Crippen molar-refractivity contribution in [1.82, 2.24) is 0 Å². The van der Waals surface area contributed by atoms with E-state index in [-0.39, 0.29) is 5.56 Å². The van der Waals surface area contributed by atoms with Gasteiger partial charge in [-0.3, -0.25) is 14.9 Å². The lowest BCUT2D eigenvalue weighted by atomic mass is 10.0. The second-order valence-corrected chi connectivity index (χ2v) is 3.22. The minimum absolute atomic E-state index is 0.351. The highest BCUT2D eigenvalue weighted by Gasteiger charge is 2.25. The second-order valence-electron chi connectivity index (χ2n) is 3.22. The highest BCUT2D eigenvalue weighted by molar-refractivity contribution is 6.51. The van der Waals surface area contributed by atoms with Gasteiger partial charge in [0.15, 0.2) is 0 Å². The van der Waals surface area contributed by atoms with Gasteiger partial charge in [0.2, 0.25) is 0 Å². The van der Waals surface area contributed by atoms with Crippen LogP contribution in [0, 0.1) is 15.9 Å². The van der Waals surface area contributed by atoms with Gasteiger partial charge in [0, 0.05) is 11.6 Å². The molecular formula is C11H8FNO5. The molecule has 6 nitrogen and oxygen atoms in total. The third kappa shape index (κ3) is 2.57. The molecule has 0 spiro atoms. The molecule has 0 aliphatic rings. The molecule has 0 aliphatic heterocycles. The molecule has 0 radical (unpaired) electrons. The van der Waals surface area contributed by atoms with Crippen molar-refractivity contribution < 1.29 is 23.6 Å². The lowest BCUT2D eigenvalue weighted by molar-refractivity contribution is -0.385. The molecule has 1 aromatic rings. The van der Waals surface area contributed by atoms with Crippen molar-refractivity contribution in [3.8, 4) is 0 Å². The number of esters is 1. The summed E-state index contributed by atoms with van der Waals surface area (Å²) in [5.41, 5.74) is -1.36. The molecule has 0 saturated heterocycles. The van der Waals surface area contributed by atoms with E-state index in [2.05, 4.69) is 11.3 Å². The van der Waals surface area contributed by atoms with Crippen LogP contribution in [0.3, 0.4) is 0 Å². The number of halogens is 1. The number of nitro benzene ring substituents is 1. The number of benzene rings is 1. The van der Waals surface area contributed by atoms with Gasteiger partial charge in [0.25, 0.3) is 11.5 Å². The molecule has 94 valence electrons. The molecule has 0 heterocycles. The Morgan fingerprint density at radius 1 is 1.44 bits per heavy atom. The zero-order valence-corrected chi connectivity index (χ0v) is 9.31. The Kier molecular flexibility index (Phi) is 3.88. The molecule has 0 fully saturated rings. The van der Waals surface area contributed by atoms with Crippen LogP contribution in [0.2, 0.25) is 0 Å². The lowest BCUT2D eigenvalue weighted by Crippen LogP contribution is -2.17. The van der Waals surface area contributed by atoms with E-state index >= 15 is 0 Å². The van der Waals surface area contributed by atoms with Crippen LogP contribution in [-0.4, -0.2) is 23.8 Å².